The maximum atomic E-state index is 6.13. The molecule has 2 rings (SSSR count). The molecule has 1 atom stereocenters. The van der Waals surface area contributed by atoms with E-state index in [0.29, 0.717) is 5.41 Å². The summed E-state index contributed by atoms with van der Waals surface area (Å²) in [5, 5.41) is 0. The van der Waals surface area contributed by atoms with Crippen molar-refractivity contribution in [2.24, 2.45) is 5.73 Å². The Hall–Kier alpha value is -0.820. The number of nitrogens with two attached hydrogens (primary N) is 1. The minimum absolute atomic E-state index is 0.281. The van der Waals surface area contributed by atoms with Gasteiger partial charge in [-0.15, -0.1) is 0 Å². The Labute approximate surface area is 92.7 Å². The van der Waals surface area contributed by atoms with Crippen LogP contribution in [0.25, 0.3) is 0 Å². The summed E-state index contributed by atoms with van der Waals surface area (Å²) in [6.07, 6.45) is 3.64. The molecule has 1 aliphatic carbocycles. The third-order valence-electron chi connectivity index (χ3n) is 3.91. The lowest BCUT2D eigenvalue weighted by molar-refractivity contribution is 0.553. The van der Waals surface area contributed by atoms with E-state index < -0.39 is 0 Å². The monoisotopic (exact) mass is 203 g/mol. The van der Waals surface area contributed by atoms with Gasteiger partial charge < -0.3 is 5.73 Å². The molecule has 1 fully saturated rings. The topological polar surface area (TPSA) is 26.0 Å². The molecular formula is C14H21N. The van der Waals surface area contributed by atoms with Crippen LogP contribution in [0.3, 0.4) is 0 Å². The molecule has 82 valence electrons. The van der Waals surface area contributed by atoms with Gasteiger partial charge in [0.1, 0.15) is 0 Å². The Morgan fingerprint density at radius 1 is 1.40 bits per heavy atom. The highest BCUT2D eigenvalue weighted by Crippen LogP contribution is 2.51. The molecule has 1 saturated carbocycles. The second-order valence-electron chi connectivity index (χ2n) is 4.95. The predicted octanol–water partition coefficient (Wildman–Crippen LogP) is 2.94. The van der Waals surface area contributed by atoms with E-state index in [4.69, 9.17) is 5.73 Å². The van der Waals surface area contributed by atoms with Crippen molar-refractivity contribution >= 4 is 0 Å². The maximum Gasteiger partial charge on any atom is 0.0108 e. The minimum Gasteiger partial charge on any atom is -0.327 e. The Kier molecular flexibility index (Phi) is 2.59. The van der Waals surface area contributed by atoms with Crippen LogP contribution >= 0.6 is 0 Å². The summed E-state index contributed by atoms with van der Waals surface area (Å²) in [6, 6.07) is 7.13. The zero-order chi connectivity index (χ0) is 11.1. The third-order valence-corrected chi connectivity index (χ3v) is 3.91. The van der Waals surface area contributed by atoms with Crippen LogP contribution in [0.15, 0.2) is 18.2 Å². The molecule has 1 nitrogen and oxygen atoms in total. The van der Waals surface area contributed by atoms with Crippen molar-refractivity contribution in [3.05, 3.63) is 34.9 Å². The van der Waals surface area contributed by atoms with Crippen LogP contribution in [-0.4, -0.2) is 6.04 Å². The number of aryl methyl sites for hydroxylation is 2. The van der Waals surface area contributed by atoms with Crippen LogP contribution in [-0.2, 0) is 11.8 Å². The number of benzene rings is 1. The highest BCUT2D eigenvalue weighted by molar-refractivity contribution is 5.42. The molecule has 0 spiro atoms. The van der Waals surface area contributed by atoms with E-state index in [2.05, 4.69) is 39.0 Å². The molecule has 0 saturated heterocycles. The van der Waals surface area contributed by atoms with E-state index in [1.165, 1.54) is 29.5 Å². The highest BCUT2D eigenvalue weighted by atomic mass is 14.7. The molecule has 15 heavy (non-hydrogen) atoms. The van der Waals surface area contributed by atoms with Crippen molar-refractivity contribution in [1.29, 1.82) is 0 Å². The van der Waals surface area contributed by atoms with Gasteiger partial charge in [0.25, 0.3) is 0 Å². The zero-order valence-electron chi connectivity index (χ0n) is 10.0. The zero-order valence-corrected chi connectivity index (χ0v) is 10.0. The molecule has 0 bridgehead atoms. The first-order chi connectivity index (χ1) is 7.10. The van der Waals surface area contributed by atoms with Crippen LogP contribution < -0.4 is 5.73 Å². The van der Waals surface area contributed by atoms with E-state index in [0.717, 1.165) is 6.42 Å². The summed E-state index contributed by atoms with van der Waals surface area (Å²) < 4.78 is 0. The van der Waals surface area contributed by atoms with Crippen molar-refractivity contribution in [1.82, 2.24) is 0 Å². The summed E-state index contributed by atoms with van der Waals surface area (Å²) in [6.45, 7) is 6.56. The van der Waals surface area contributed by atoms with Crippen molar-refractivity contribution in [3.8, 4) is 0 Å². The average Bonchev–Trinajstić information content (AvgIpc) is 2.99. The van der Waals surface area contributed by atoms with Gasteiger partial charge in [-0.05, 0) is 49.8 Å². The average molecular weight is 203 g/mol. The van der Waals surface area contributed by atoms with Gasteiger partial charge in [0.05, 0.1) is 0 Å². The Balaban J connectivity index is 2.43. The van der Waals surface area contributed by atoms with Crippen LogP contribution in [0, 0.1) is 6.92 Å². The lowest BCUT2D eigenvalue weighted by atomic mass is 9.85. The van der Waals surface area contributed by atoms with Gasteiger partial charge in [0, 0.05) is 11.5 Å². The number of rotatable bonds is 3. The molecule has 1 heteroatoms. The first-order valence-corrected chi connectivity index (χ1v) is 5.96. The molecule has 0 heterocycles. The molecule has 0 aliphatic heterocycles. The van der Waals surface area contributed by atoms with Crippen LogP contribution in [0.5, 0.6) is 0 Å². The maximum absolute atomic E-state index is 6.13. The van der Waals surface area contributed by atoms with Gasteiger partial charge in [-0.25, -0.2) is 0 Å². The quantitative estimate of drug-likeness (QED) is 0.803. The molecule has 2 N–H and O–H groups in total. The van der Waals surface area contributed by atoms with Gasteiger partial charge in [-0.1, -0.05) is 25.1 Å². The fourth-order valence-electron chi connectivity index (χ4n) is 2.53. The Morgan fingerprint density at radius 3 is 2.53 bits per heavy atom. The normalized spacial score (nSPS) is 20.0. The molecule has 0 radical (unpaired) electrons. The van der Waals surface area contributed by atoms with Gasteiger partial charge >= 0.3 is 0 Å². The van der Waals surface area contributed by atoms with Gasteiger partial charge in [0.15, 0.2) is 0 Å². The van der Waals surface area contributed by atoms with Gasteiger partial charge in [0.2, 0.25) is 0 Å². The number of hydrogen-bond donors (Lipinski definition) is 1. The van der Waals surface area contributed by atoms with Crippen molar-refractivity contribution in [2.45, 2.75) is 51.5 Å². The van der Waals surface area contributed by atoms with Crippen molar-refractivity contribution in [2.75, 3.05) is 0 Å². The SMILES string of the molecule is CCc1ccc(C)c(C2(C(C)N)CC2)c1. The summed E-state index contributed by atoms with van der Waals surface area (Å²) in [4.78, 5) is 0. The van der Waals surface area contributed by atoms with Crippen LogP contribution in [0.4, 0.5) is 0 Å². The van der Waals surface area contributed by atoms with Crippen LogP contribution in [0.1, 0.15) is 43.4 Å². The van der Waals surface area contributed by atoms with E-state index in [9.17, 15) is 0 Å². The molecular weight excluding hydrogens is 182 g/mol. The Morgan fingerprint density at radius 2 is 2.07 bits per heavy atom. The fourth-order valence-corrected chi connectivity index (χ4v) is 2.53. The van der Waals surface area contributed by atoms with Crippen LogP contribution in [0.2, 0.25) is 0 Å². The standard InChI is InChI=1S/C14H21N/c1-4-12-6-5-10(2)13(9-12)14(7-8-14)11(3)15/h5-6,9,11H,4,7-8,15H2,1-3H3. The molecule has 1 aromatic rings. The van der Waals surface area contributed by atoms with E-state index in [1.54, 1.807) is 0 Å². The predicted molar refractivity (Wildman–Crippen MR) is 65.1 cm³/mol. The van der Waals surface area contributed by atoms with Crippen molar-refractivity contribution < 1.29 is 0 Å². The lowest BCUT2D eigenvalue weighted by Crippen LogP contribution is -2.32. The summed E-state index contributed by atoms with van der Waals surface area (Å²) in [7, 11) is 0. The van der Waals surface area contributed by atoms with E-state index >= 15 is 0 Å². The van der Waals surface area contributed by atoms with E-state index in [-0.39, 0.29) is 6.04 Å². The largest absolute Gasteiger partial charge is 0.327 e. The molecule has 0 amide bonds. The highest BCUT2D eigenvalue weighted by Gasteiger charge is 2.48. The Bertz CT molecular complexity index is 362. The minimum atomic E-state index is 0.281. The summed E-state index contributed by atoms with van der Waals surface area (Å²) in [5.74, 6) is 0. The third kappa shape index (κ3) is 1.69. The van der Waals surface area contributed by atoms with Gasteiger partial charge in [-0.3, -0.25) is 0 Å². The van der Waals surface area contributed by atoms with Gasteiger partial charge in [-0.2, -0.15) is 0 Å². The lowest BCUT2D eigenvalue weighted by Gasteiger charge is -2.23. The van der Waals surface area contributed by atoms with Crippen molar-refractivity contribution in [3.63, 3.8) is 0 Å². The summed E-state index contributed by atoms with van der Waals surface area (Å²) in [5.41, 5.74) is 10.8. The second-order valence-corrected chi connectivity index (χ2v) is 4.95. The smallest absolute Gasteiger partial charge is 0.0108 e. The number of hydrogen-bond acceptors (Lipinski definition) is 1. The summed E-state index contributed by atoms with van der Waals surface area (Å²) >= 11 is 0. The first kappa shape index (κ1) is 10.7. The van der Waals surface area contributed by atoms with E-state index in [1.807, 2.05) is 0 Å². The molecule has 1 unspecified atom stereocenters. The molecule has 0 aromatic heterocycles. The second kappa shape index (κ2) is 3.64. The fraction of sp³-hybridized carbons (Fsp3) is 0.571. The molecule has 1 aliphatic rings. The first-order valence-electron chi connectivity index (χ1n) is 5.96. The molecule has 1 aromatic carbocycles.